The minimum Gasteiger partial charge on any atom is -0.508 e. The van der Waals surface area contributed by atoms with Gasteiger partial charge in [0.15, 0.2) is 9.84 Å². The number of rotatable bonds is 2. The van der Waals surface area contributed by atoms with Crippen molar-refractivity contribution in [2.75, 3.05) is 11.1 Å². The van der Waals surface area contributed by atoms with Gasteiger partial charge >= 0.3 is 0 Å². The van der Waals surface area contributed by atoms with Gasteiger partial charge < -0.3 is 10.4 Å². The van der Waals surface area contributed by atoms with Crippen molar-refractivity contribution in [3.63, 3.8) is 0 Å². The van der Waals surface area contributed by atoms with Crippen molar-refractivity contribution in [1.29, 1.82) is 0 Å². The van der Waals surface area contributed by atoms with E-state index in [2.05, 4.69) is 15.3 Å². The highest BCUT2D eigenvalue weighted by molar-refractivity contribution is 7.91. The molecule has 2 aromatic carbocycles. The Balaban J connectivity index is 1.92. The van der Waals surface area contributed by atoms with Gasteiger partial charge in [-0.3, -0.25) is 0 Å². The van der Waals surface area contributed by atoms with Crippen LogP contribution in [-0.4, -0.2) is 29.2 Å². The van der Waals surface area contributed by atoms with Crippen LogP contribution in [0.4, 0.5) is 11.5 Å². The number of sulfone groups is 1. The molecule has 7 heteroatoms. The largest absolute Gasteiger partial charge is 0.508 e. The van der Waals surface area contributed by atoms with E-state index in [-0.39, 0.29) is 11.5 Å². The van der Waals surface area contributed by atoms with Crippen LogP contribution >= 0.6 is 0 Å². The molecule has 3 aromatic rings. The zero-order valence-electron chi connectivity index (χ0n) is 12.0. The maximum Gasteiger partial charge on any atom is 0.179 e. The Labute approximate surface area is 132 Å². The molecule has 0 bridgehead atoms. The number of phenolic OH excluding ortho intramolecular Hbond substituents is 1. The van der Waals surface area contributed by atoms with Crippen molar-refractivity contribution in [2.45, 2.75) is 11.3 Å². The van der Waals surface area contributed by atoms with Crippen LogP contribution in [0.3, 0.4) is 0 Å². The first-order chi connectivity index (χ1) is 11.0. The highest BCUT2D eigenvalue weighted by Crippen LogP contribution is 2.35. The van der Waals surface area contributed by atoms with Crippen molar-refractivity contribution >= 4 is 32.2 Å². The van der Waals surface area contributed by atoms with E-state index < -0.39 is 9.84 Å². The summed E-state index contributed by atoms with van der Waals surface area (Å²) in [4.78, 5) is 8.85. The summed E-state index contributed by atoms with van der Waals surface area (Å²) in [5.74, 6) is 0.790. The maximum atomic E-state index is 12.1. The van der Waals surface area contributed by atoms with Gasteiger partial charge in [0.05, 0.1) is 16.2 Å². The summed E-state index contributed by atoms with van der Waals surface area (Å²) in [6.45, 7) is 0. The number of aromatic hydroxyl groups is 1. The van der Waals surface area contributed by atoms with Crippen LogP contribution in [-0.2, 0) is 16.3 Å². The second-order valence-electron chi connectivity index (χ2n) is 5.40. The summed E-state index contributed by atoms with van der Waals surface area (Å²) in [6.07, 6.45) is 1.89. The molecule has 4 rings (SSSR count). The quantitative estimate of drug-likeness (QED) is 0.751. The highest BCUT2D eigenvalue weighted by atomic mass is 32.2. The monoisotopic (exact) mass is 327 g/mol. The maximum absolute atomic E-state index is 12.1. The fourth-order valence-electron chi connectivity index (χ4n) is 2.90. The van der Waals surface area contributed by atoms with Gasteiger partial charge in [0.2, 0.25) is 0 Å². The number of hydrogen-bond acceptors (Lipinski definition) is 6. The van der Waals surface area contributed by atoms with Gasteiger partial charge in [0, 0.05) is 17.1 Å². The predicted octanol–water partition coefficient (Wildman–Crippen LogP) is 2.41. The molecule has 6 nitrogen and oxygen atoms in total. The Morgan fingerprint density at radius 2 is 2.00 bits per heavy atom. The average Bonchev–Trinajstić information content (AvgIpc) is 2.83. The highest BCUT2D eigenvalue weighted by Gasteiger charge is 2.29. The van der Waals surface area contributed by atoms with Crippen molar-refractivity contribution < 1.29 is 13.5 Å². The van der Waals surface area contributed by atoms with E-state index in [4.69, 9.17) is 0 Å². The van der Waals surface area contributed by atoms with Crippen LogP contribution in [0.1, 0.15) is 5.56 Å². The first kappa shape index (κ1) is 14.0. The standard InChI is InChI=1S/C16H13N3O3S/c20-11-3-1-2-10(8-11)19-16-15-12-6-7-23(21,22)14(12)5-4-13(15)17-9-18-16/h1-5,8-9,20H,6-7H2,(H,17,18,19). The number of benzene rings is 2. The lowest BCUT2D eigenvalue weighted by Gasteiger charge is -2.11. The molecule has 2 heterocycles. The zero-order chi connectivity index (χ0) is 16.0. The number of phenols is 1. The summed E-state index contributed by atoms with van der Waals surface area (Å²) < 4.78 is 24.2. The molecule has 0 unspecified atom stereocenters. The number of nitrogens with zero attached hydrogens (tertiary/aromatic N) is 2. The third kappa shape index (κ3) is 2.29. The van der Waals surface area contributed by atoms with Gasteiger partial charge in [-0.2, -0.15) is 0 Å². The van der Waals surface area contributed by atoms with Crippen LogP contribution < -0.4 is 5.32 Å². The van der Waals surface area contributed by atoms with E-state index in [1.807, 2.05) is 0 Å². The Bertz CT molecular complexity index is 1030. The second-order valence-corrected chi connectivity index (χ2v) is 7.48. The summed E-state index contributed by atoms with van der Waals surface area (Å²) in [6, 6.07) is 9.99. The molecule has 23 heavy (non-hydrogen) atoms. The van der Waals surface area contributed by atoms with E-state index in [1.165, 1.54) is 6.33 Å². The molecule has 2 N–H and O–H groups in total. The SMILES string of the molecule is O=S1(=O)CCc2c1ccc1ncnc(Nc3cccc(O)c3)c21. The van der Waals surface area contributed by atoms with Gasteiger partial charge in [-0.1, -0.05) is 6.07 Å². The Morgan fingerprint density at radius 3 is 2.83 bits per heavy atom. The van der Waals surface area contributed by atoms with Crippen LogP contribution in [0, 0.1) is 0 Å². The molecule has 1 aliphatic heterocycles. The third-order valence-corrected chi connectivity index (χ3v) is 5.73. The molecule has 0 saturated carbocycles. The smallest absolute Gasteiger partial charge is 0.179 e. The molecular weight excluding hydrogens is 314 g/mol. The van der Waals surface area contributed by atoms with Crippen LogP contribution in [0.5, 0.6) is 5.75 Å². The van der Waals surface area contributed by atoms with Gasteiger partial charge in [0.1, 0.15) is 17.9 Å². The average molecular weight is 327 g/mol. The summed E-state index contributed by atoms with van der Waals surface area (Å²) >= 11 is 0. The van der Waals surface area contributed by atoms with Gasteiger partial charge in [-0.15, -0.1) is 0 Å². The van der Waals surface area contributed by atoms with E-state index in [9.17, 15) is 13.5 Å². The molecule has 0 radical (unpaired) electrons. The number of fused-ring (bicyclic) bond motifs is 3. The summed E-state index contributed by atoms with van der Waals surface area (Å²) in [5, 5.41) is 13.4. The predicted molar refractivity (Wildman–Crippen MR) is 86.7 cm³/mol. The Morgan fingerprint density at radius 1 is 1.13 bits per heavy atom. The summed E-state index contributed by atoms with van der Waals surface area (Å²) in [5.41, 5.74) is 2.12. The lowest BCUT2D eigenvalue weighted by molar-refractivity contribution is 0.475. The number of hydrogen-bond donors (Lipinski definition) is 2. The fourth-order valence-corrected chi connectivity index (χ4v) is 4.45. The lowest BCUT2D eigenvalue weighted by atomic mass is 10.1. The third-order valence-electron chi connectivity index (χ3n) is 3.93. The second kappa shape index (κ2) is 4.92. The molecule has 0 atom stereocenters. The van der Waals surface area contributed by atoms with Crippen molar-refractivity contribution in [3.05, 3.63) is 48.3 Å². The fraction of sp³-hybridized carbons (Fsp3) is 0.125. The molecule has 0 saturated heterocycles. The topological polar surface area (TPSA) is 92.2 Å². The molecule has 0 amide bonds. The zero-order valence-corrected chi connectivity index (χ0v) is 12.8. The molecule has 116 valence electrons. The Hall–Kier alpha value is -2.67. The number of aryl methyl sites for hydroxylation is 1. The molecular formula is C16H13N3O3S. The Kier molecular flexibility index (Phi) is 2.99. The minimum atomic E-state index is -3.22. The van der Waals surface area contributed by atoms with Crippen LogP contribution in [0.25, 0.3) is 10.9 Å². The van der Waals surface area contributed by atoms with E-state index in [1.54, 1.807) is 36.4 Å². The van der Waals surface area contributed by atoms with Gasteiger partial charge in [0.25, 0.3) is 0 Å². The lowest BCUT2D eigenvalue weighted by Crippen LogP contribution is -2.00. The number of nitrogens with one attached hydrogen (secondary N) is 1. The first-order valence-electron chi connectivity index (χ1n) is 7.10. The van der Waals surface area contributed by atoms with Crippen LogP contribution in [0.2, 0.25) is 0 Å². The first-order valence-corrected chi connectivity index (χ1v) is 8.75. The van der Waals surface area contributed by atoms with Crippen molar-refractivity contribution in [1.82, 2.24) is 9.97 Å². The number of aromatic nitrogens is 2. The van der Waals surface area contributed by atoms with E-state index in [0.717, 1.165) is 10.9 Å². The van der Waals surface area contributed by atoms with E-state index >= 15 is 0 Å². The summed E-state index contributed by atoms with van der Waals surface area (Å²) in [7, 11) is -3.22. The van der Waals surface area contributed by atoms with Crippen molar-refractivity contribution in [2.24, 2.45) is 0 Å². The molecule has 1 aliphatic rings. The minimum absolute atomic E-state index is 0.113. The number of anilines is 2. The normalized spacial score (nSPS) is 15.5. The van der Waals surface area contributed by atoms with Gasteiger partial charge in [-0.25, -0.2) is 18.4 Å². The van der Waals surface area contributed by atoms with Crippen molar-refractivity contribution in [3.8, 4) is 5.75 Å². The molecule has 1 aromatic heterocycles. The van der Waals surface area contributed by atoms with Crippen LogP contribution in [0.15, 0.2) is 47.6 Å². The van der Waals surface area contributed by atoms with Gasteiger partial charge in [-0.05, 0) is 36.2 Å². The molecule has 0 fully saturated rings. The van der Waals surface area contributed by atoms with E-state index in [0.29, 0.717) is 28.3 Å². The molecule has 0 aliphatic carbocycles. The molecule has 0 spiro atoms.